The van der Waals surface area contributed by atoms with Crippen LogP contribution >= 0.6 is 0 Å². The molecule has 0 heterocycles. The second kappa shape index (κ2) is 9.49. The van der Waals surface area contributed by atoms with Crippen LogP contribution in [0.5, 0.6) is 11.5 Å². The highest BCUT2D eigenvalue weighted by Gasteiger charge is 2.19. The molecule has 0 aromatic heterocycles. The van der Waals surface area contributed by atoms with Crippen molar-refractivity contribution in [3.05, 3.63) is 89.5 Å². The number of benzene rings is 3. The van der Waals surface area contributed by atoms with Gasteiger partial charge < -0.3 is 14.2 Å². The van der Waals surface area contributed by atoms with Crippen molar-refractivity contribution in [2.75, 3.05) is 12.4 Å². The molecule has 1 amide bonds. The molecule has 0 spiro atoms. The Morgan fingerprint density at radius 2 is 1.65 bits per heavy atom. The quantitative estimate of drug-likeness (QED) is 0.427. The van der Waals surface area contributed by atoms with E-state index in [1.165, 1.54) is 31.4 Å². The average molecular weight is 438 g/mol. The summed E-state index contributed by atoms with van der Waals surface area (Å²) in [6.07, 6.45) is 3.00. The molecule has 160 valence electrons. The number of anilines is 1. The van der Waals surface area contributed by atoms with Gasteiger partial charge >= 0.3 is 10.1 Å². The van der Waals surface area contributed by atoms with Gasteiger partial charge in [0.15, 0.2) is 11.5 Å². The molecule has 0 saturated heterocycles. The molecule has 7 heteroatoms. The molecule has 3 aromatic rings. The summed E-state index contributed by atoms with van der Waals surface area (Å²) >= 11 is 0. The summed E-state index contributed by atoms with van der Waals surface area (Å²) in [7, 11) is -2.59. The number of methoxy groups -OCH3 is 1. The summed E-state index contributed by atoms with van der Waals surface area (Å²) < 4.78 is 35.6. The monoisotopic (exact) mass is 437 g/mol. The zero-order valence-electron chi connectivity index (χ0n) is 17.5. The number of rotatable bonds is 7. The van der Waals surface area contributed by atoms with Gasteiger partial charge in [-0.05, 0) is 61.4 Å². The Morgan fingerprint density at radius 1 is 0.935 bits per heavy atom. The number of para-hydroxylation sites is 1. The maximum atomic E-state index is 12.5. The molecule has 0 radical (unpaired) electrons. The highest BCUT2D eigenvalue weighted by atomic mass is 32.2. The number of hydrogen-bond acceptors (Lipinski definition) is 5. The van der Waals surface area contributed by atoms with Crippen LogP contribution in [0, 0.1) is 13.8 Å². The Balaban J connectivity index is 1.75. The van der Waals surface area contributed by atoms with Crippen LogP contribution in [0.15, 0.2) is 77.7 Å². The van der Waals surface area contributed by atoms with Gasteiger partial charge in [-0.25, -0.2) is 0 Å². The maximum absolute atomic E-state index is 12.5. The third-order valence-corrected chi connectivity index (χ3v) is 5.78. The van der Waals surface area contributed by atoms with Crippen molar-refractivity contribution in [1.29, 1.82) is 0 Å². The van der Waals surface area contributed by atoms with E-state index in [0.29, 0.717) is 5.56 Å². The molecular formula is C24H23NO5S. The summed E-state index contributed by atoms with van der Waals surface area (Å²) in [6.45, 7) is 3.78. The Hall–Kier alpha value is -3.58. The third kappa shape index (κ3) is 5.73. The first-order valence-corrected chi connectivity index (χ1v) is 10.9. The lowest BCUT2D eigenvalue weighted by Crippen LogP contribution is -2.10. The fourth-order valence-electron chi connectivity index (χ4n) is 2.79. The zero-order chi connectivity index (χ0) is 22.4. The SMILES string of the molecule is COc1cc(/C=C/C(=O)Nc2ccccc2C)ccc1OS(=O)(=O)c1ccc(C)cc1. The van der Waals surface area contributed by atoms with Crippen molar-refractivity contribution >= 4 is 27.8 Å². The number of carbonyl (C=O) groups is 1. The minimum absolute atomic E-state index is 0.0528. The second-order valence-electron chi connectivity index (χ2n) is 6.90. The van der Waals surface area contributed by atoms with Crippen LogP contribution in [-0.4, -0.2) is 21.4 Å². The van der Waals surface area contributed by atoms with E-state index in [1.807, 2.05) is 38.1 Å². The van der Waals surface area contributed by atoms with Gasteiger partial charge in [-0.3, -0.25) is 4.79 Å². The average Bonchev–Trinajstić information content (AvgIpc) is 2.74. The predicted octanol–water partition coefficient (Wildman–Crippen LogP) is 4.73. The van der Waals surface area contributed by atoms with Crippen molar-refractivity contribution in [3.63, 3.8) is 0 Å². The van der Waals surface area contributed by atoms with Crippen molar-refractivity contribution in [2.24, 2.45) is 0 Å². The Bertz CT molecular complexity index is 1210. The molecule has 0 fully saturated rings. The molecule has 1 N–H and O–H groups in total. The van der Waals surface area contributed by atoms with Gasteiger partial charge in [-0.15, -0.1) is 0 Å². The van der Waals surface area contributed by atoms with Gasteiger partial charge in [0.25, 0.3) is 0 Å². The Kier molecular flexibility index (Phi) is 6.77. The molecule has 0 bridgehead atoms. The molecule has 3 aromatic carbocycles. The van der Waals surface area contributed by atoms with E-state index in [4.69, 9.17) is 8.92 Å². The molecule has 0 unspecified atom stereocenters. The highest BCUT2D eigenvalue weighted by molar-refractivity contribution is 7.87. The topological polar surface area (TPSA) is 81.7 Å². The fraction of sp³-hybridized carbons (Fsp3) is 0.125. The van der Waals surface area contributed by atoms with Crippen molar-refractivity contribution < 1.29 is 22.1 Å². The van der Waals surface area contributed by atoms with Crippen molar-refractivity contribution in [3.8, 4) is 11.5 Å². The van der Waals surface area contributed by atoms with E-state index in [2.05, 4.69) is 5.32 Å². The van der Waals surface area contributed by atoms with Gasteiger partial charge in [-0.2, -0.15) is 8.42 Å². The number of aryl methyl sites for hydroxylation is 2. The Morgan fingerprint density at radius 3 is 2.32 bits per heavy atom. The van der Waals surface area contributed by atoms with Gasteiger partial charge in [0, 0.05) is 11.8 Å². The minimum Gasteiger partial charge on any atom is -0.493 e. The summed E-state index contributed by atoms with van der Waals surface area (Å²) in [5.74, 6) is 0.0114. The number of nitrogens with one attached hydrogen (secondary N) is 1. The number of amides is 1. The fourth-order valence-corrected chi connectivity index (χ4v) is 3.73. The van der Waals surface area contributed by atoms with Gasteiger partial charge in [0.1, 0.15) is 4.90 Å². The van der Waals surface area contributed by atoms with E-state index < -0.39 is 10.1 Å². The maximum Gasteiger partial charge on any atom is 0.339 e. The number of hydrogen-bond donors (Lipinski definition) is 1. The first-order valence-electron chi connectivity index (χ1n) is 9.52. The van der Waals surface area contributed by atoms with E-state index in [0.717, 1.165) is 16.8 Å². The van der Waals surface area contributed by atoms with Crippen LogP contribution in [0.25, 0.3) is 6.08 Å². The van der Waals surface area contributed by atoms with Crippen LogP contribution in [0.2, 0.25) is 0 Å². The van der Waals surface area contributed by atoms with Crippen LogP contribution in [0.4, 0.5) is 5.69 Å². The molecule has 0 saturated carbocycles. The summed E-state index contributed by atoms with van der Waals surface area (Å²) in [6, 6.07) is 18.6. The smallest absolute Gasteiger partial charge is 0.339 e. The third-order valence-electron chi connectivity index (χ3n) is 4.53. The molecule has 0 aliphatic carbocycles. The lowest BCUT2D eigenvalue weighted by atomic mass is 10.2. The van der Waals surface area contributed by atoms with Crippen LogP contribution in [-0.2, 0) is 14.9 Å². The molecule has 0 aliphatic rings. The normalized spacial score (nSPS) is 11.3. The summed E-state index contributed by atoms with van der Waals surface area (Å²) in [4.78, 5) is 12.2. The van der Waals surface area contributed by atoms with Gasteiger partial charge in [0.2, 0.25) is 5.91 Å². The molecule has 0 atom stereocenters. The molecule has 6 nitrogen and oxygen atoms in total. The standard InChI is InChI=1S/C24H23NO5S/c1-17-8-12-20(13-9-17)31(27,28)30-22-14-10-19(16-23(22)29-3)11-15-24(26)25-21-7-5-4-6-18(21)2/h4-16H,1-3H3,(H,25,26)/b15-11+. The lowest BCUT2D eigenvalue weighted by molar-refractivity contribution is -0.111. The van der Waals surface area contributed by atoms with Gasteiger partial charge in [0.05, 0.1) is 7.11 Å². The molecule has 0 aliphatic heterocycles. The van der Waals surface area contributed by atoms with Crippen molar-refractivity contribution in [2.45, 2.75) is 18.7 Å². The van der Waals surface area contributed by atoms with Crippen LogP contribution < -0.4 is 14.2 Å². The molecular weight excluding hydrogens is 414 g/mol. The number of ether oxygens (including phenoxy) is 1. The van der Waals surface area contributed by atoms with E-state index >= 15 is 0 Å². The highest BCUT2D eigenvalue weighted by Crippen LogP contribution is 2.31. The van der Waals surface area contributed by atoms with Crippen LogP contribution in [0.3, 0.4) is 0 Å². The van der Waals surface area contributed by atoms with E-state index in [9.17, 15) is 13.2 Å². The zero-order valence-corrected chi connectivity index (χ0v) is 18.3. The largest absolute Gasteiger partial charge is 0.493 e. The predicted molar refractivity (Wildman–Crippen MR) is 121 cm³/mol. The second-order valence-corrected chi connectivity index (χ2v) is 8.44. The molecule has 31 heavy (non-hydrogen) atoms. The van der Waals surface area contributed by atoms with Crippen molar-refractivity contribution in [1.82, 2.24) is 0 Å². The van der Waals surface area contributed by atoms with Crippen LogP contribution in [0.1, 0.15) is 16.7 Å². The van der Waals surface area contributed by atoms with Gasteiger partial charge in [-0.1, -0.05) is 42.0 Å². The lowest BCUT2D eigenvalue weighted by Gasteiger charge is -2.11. The van der Waals surface area contributed by atoms with E-state index in [-0.39, 0.29) is 22.3 Å². The Labute approximate surface area is 182 Å². The first-order chi connectivity index (χ1) is 14.8. The number of carbonyl (C=O) groups excluding carboxylic acids is 1. The summed E-state index contributed by atoms with van der Waals surface area (Å²) in [5, 5.41) is 2.81. The summed E-state index contributed by atoms with van der Waals surface area (Å²) in [5.41, 5.74) is 3.29. The first kappa shape index (κ1) is 22.1. The molecule has 3 rings (SSSR count). The minimum atomic E-state index is -4.00. The van der Waals surface area contributed by atoms with E-state index in [1.54, 1.807) is 30.3 Å².